The molecule has 1 saturated heterocycles. The van der Waals surface area contributed by atoms with Crippen LogP contribution in [0.2, 0.25) is 0 Å². The predicted octanol–water partition coefficient (Wildman–Crippen LogP) is 1.72. The van der Waals surface area contributed by atoms with Crippen LogP contribution in [0.25, 0.3) is 0 Å². The lowest BCUT2D eigenvalue weighted by atomic mass is 10.1. The number of aromatic nitrogens is 2. The molecule has 0 saturated carbocycles. The number of rotatable bonds is 4. The Morgan fingerprint density at radius 3 is 2.60 bits per heavy atom. The average molecular weight is 278 g/mol. The minimum atomic E-state index is -0.0618. The molecule has 1 aromatic heterocycles. The van der Waals surface area contributed by atoms with Crippen LogP contribution in [0.5, 0.6) is 0 Å². The highest BCUT2D eigenvalue weighted by molar-refractivity contribution is 5.82. The quantitative estimate of drug-likeness (QED) is 0.912. The molecule has 20 heavy (non-hydrogen) atoms. The summed E-state index contributed by atoms with van der Waals surface area (Å²) in [5, 5.41) is 0. The zero-order valence-electron chi connectivity index (χ0n) is 13.2. The molecule has 2 rings (SSSR count). The van der Waals surface area contributed by atoms with Gasteiger partial charge in [-0.2, -0.15) is 0 Å². The van der Waals surface area contributed by atoms with E-state index in [9.17, 15) is 4.79 Å². The minimum Gasteiger partial charge on any atom is -0.345 e. The summed E-state index contributed by atoms with van der Waals surface area (Å²) in [7, 11) is 0. The van der Waals surface area contributed by atoms with Crippen molar-refractivity contribution in [3.63, 3.8) is 0 Å². The van der Waals surface area contributed by atoms with E-state index >= 15 is 0 Å². The highest BCUT2D eigenvalue weighted by atomic mass is 16.2. The van der Waals surface area contributed by atoms with Crippen molar-refractivity contribution in [2.24, 2.45) is 5.92 Å². The molecular weight excluding hydrogens is 252 g/mol. The number of aromatic amines is 1. The molecule has 2 heterocycles. The van der Waals surface area contributed by atoms with Gasteiger partial charge < -0.3 is 9.88 Å². The summed E-state index contributed by atoms with van der Waals surface area (Å²) < 4.78 is 0. The molecule has 1 atom stereocenters. The molecule has 0 aliphatic carbocycles. The smallest absolute Gasteiger partial charge is 0.239 e. The molecule has 1 aromatic rings. The van der Waals surface area contributed by atoms with E-state index in [4.69, 9.17) is 0 Å². The molecule has 5 heteroatoms. The topological polar surface area (TPSA) is 52.2 Å². The molecule has 0 radical (unpaired) electrons. The first-order valence-corrected chi connectivity index (χ1v) is 7.43. The molecule has 1 amide bonds. The van der Waals surface area contributed by atoms with Crippen LogP contribution in [0.1, 0.15) is 38.0 Å². The number of imidazole rings is 1. The summed E-state index contributed by atoms with van der Waals surface area (Å²) in [6.07, 6.45) is 0. The number of hydrogen-bond donors (Lipinski definition) is 1. The van der Waals surface area contributed by atoms with Gasteiger partial charge in [0.15, 0.2) is 0 Å². The van der Waals surface area contributed by atoms with Crippen LogP contribution in [0.4, 0.5) is 0 Å². The molecule has 1 aliphatic heterocycles. The van der Waals surface area contributed by atoms with Crippen molar-refractivity contribution >= 4 is 5.91 Å². The molecule has 112 valence electrons. The Bertz CT molecular complexity index is 461. The fourth-order valence-electron chi connectivity index (χ4n) is 2.70. The van der Waals surface area contributed by atoms with Crippen LogP contribution >= 0.6 is 0 Å². The largest absolute Gasteiger partial charge is 0.345 e. The number of aryl methyl sites for hydroxylation is 2. The highest BCUT2D eigenvalue weighted by Gasteiger charge is 2.31. The lowest BCUT2D eigenvalue weighted by molar-refractivity contribution is -0.142. The normalized spacial score (nSPS) is 21.0. The van der Waals surface area contributed by atoms with Crippen molar-refractivity contribution in [2.45, 2.75) is 47.2 Å². The molecule has 1 aliphatic rings. The second-order valence-corrected chi connectivity index (χ2v) is 6.22. The maximum absolute atomic E-state index is 12.4. The van der Waals surface area contributed by atoms with Gasteiger partial charge in [-0.15, -0.1) is 0 Å². The number of H-pyrrole nitrogens is 1. The van der Waals surface area contributed by atoms with Gasteiger partial charge in [-0.3, -0.25) is 9.69 Å². The third-order valence-corrected chi connectivity index (χ3v) is 3.99. The van der Waals surface area contributed by atoms with Gasteiger partial charge in [-0.1, -0.05) is 13.8 Å². The predicted molar refractivity (Wildman–Crippen MR) is 79.4 cm³/mol. The van der Waals surface area contributed by atoms with Crippen molar-refractivity contribution in [2.75, 3.05) is 19.6 Å². The summed E-state index contributed by atoms with van der Waals surface area (Å²) in [6.45, 7) is 13.6. The van der Waals surface area contributed by atoms with Gasteiger partial charge in [0.05, 0.1) is 18.3 Å². The zero-order chi connectivity index (χ0) is 14.9. The van der Waals surface area contributed by atoms with E-state index in [2.05, 4.69) is 28.7 Å². The monoisotopic (exact) mass is 278 g/mol. The standard InChI is InChI=1S/C15H26N4O/c1-10(2)8-19-7-6-18(13(5)15(19)20)9-14-16-11(3)12(4)17-14/h10,13H,6-9H2,1-5H3,(H,16,17)/t13-/m0/s1. The number of nitrogens with zero attached hydrogens (tertiary/aromatic N) is 3. The van der Waals surface area contributed by atoms with E-state index in [0.29, 0.717) is 5.92 Å². The van der Waals surface area contributed by atoms with Gasteiger partial charge in [-0.25, -0.2) is 4.98 Å². The SMILES string of the molecule is Cc1nc(CN2CCN(CC(C)C)C(=O)[C@@H]2C)[nH]c1C. The van der Waals surface area contributed by atoms with E-state index in [1.54, 1.807) is 0 Å². The van der Waals surface area contributed by atoms with Crippen molar-refractivity contribution in [1.82, 2.24) is 19.8 Å². The minimum absolute atomic E-state index is 0.0618. The first-order valence-electron chi connectivity index (χ1n) is 7.43. The van der Waals surface area contributed by atoms with Crippen molar-refractivity contribution in [1.29, 1.82) is 0 Å². The summed E-state index contributed by atoms with van der Waals surface area (Å²) >= 11 is 0. The Balaban J connectivity index is 2.00. The summed E-state index contributed by atoms with van der Waals surface area (Å²) in [4.78, 5) is 24.4. The Morgan fingerprint density at radius 2 is 2.05 bits per heavy atom. The third kappa shape index (κ3) is 3.20. The highest BCUT2D eigenvalue weighted by Crippen LogP contribution is 2.16. The summed E-state index contributed by atoms with van der Waals surface area (Å²) in [5.41, 5.74) is 2.15. The molecule has 0 aromatic carbocycles. The average Bonchev–Trinajstić information content (AvgIpc) is 2.68. The Labute approximate surface area is 121 Å². The maximum atomic E-state index is 12.4. The molecule has 0 bridgehead atoms. The van der Waals surface area contributed by atoms with Gasteiger partial charge in [0, 0.05) is 25.3 Å². The number of carbonyl (C=O) groups excluding carboxylic acids is 1. The Morgan fingerprint density at radius 1 is 1.35 bits per heavy atom. The van der Waals surface area contributed by atoms with Crippen LogP contribution in [0, 0.1) is 19.8 Å². The maximum Gasteiger partial charge on any atom is 0.239 e. The fourth-order valence-corrected chi connectivity index (χ4v) is 2.70. The van der Waals surface area contributed by atoms with Crippen molar-refractivity contribution in [3.8, 4) is 0 Å². The van der Waals surface area contributed by atoms with E-state index < -0.39 is 0 Å². The van der Waals surface area contributed by atoms with Crippen LogP contribution in [-0.2, 0) is 11.3 Å². The van der Waals surface area contributed by atoms with Gasteiger partial charge in [0.2, 0.25) is 5.91 Å². The Kier molecular flexibility index (Phi) is 4.48. The lowest BCUT2D eigenvalue weighted by Crippen LogP contribution is -2.56. The Hall–Kier alpha value is -1.36. The third-order valence-electron chi connectivity index (χ3n) is 3.99. The molecule has 5 nitrogen and oxygen atoms in total. The van der Waals surface area contributed by atoms with E-state index in [1.165, 1.54) is 0 Å². The zero-order valence-corrected chi connectivity index (χ0v) is 13.2. The number of carbonyl (C=O) groups is 1. The first kappa shape index (κ1) is 15.0. The van der Waals surface area contributed by atoms with Gasteiger partial charge >= 0.3 is 0 Å². The second kappa shape index (κ2) is 5.95. The summed E-state index contributed by atoms with van der Waals surface area (Å²) in [5.74, 6) is 1.72. The molecular formula is C15H26N4O. The first-order chi connectivity index (χ1) is 9.38. The van der Waals surface area contributed by atoms with Gasteiger partial charge in [0.25, 0.3) is 0 Å². The fraction of sp³-hybridized carbons (Fsp3) is 0.733. The number of nitrogens with one attached hydrogen (secondary N) is 1. The molecule has 1 N–H and O–H groups in total. The van der Waals surface area contributed by atoms with Crippen LogP contribution in [0.3, 0.4) is 0 Å². The van der Waals surface area contributed by atoms with Crippen molar-refractivity contribution in [3.05, 3.63) is 17.2 Å². The van der Waals surface area contributed by atoms with E-state index in [-0.39, 0.29) is 11.9 Å². The van der Waals surface area contributed by atoms with Crippen LogP contribution < -0.4 is 0 Å². The number of amides is 1. The van der Waals surface area contributed by atoms with Gasteiger partial charge in [-0.05, 0) is 26.7 Å². The van der Waals surface area contributed by atoms with E-state index in [1.807, 2.05) is 25.7 Å². The molecule has 1 fully saturated rings. The van der Waals surface area contributed by atoms with E-state index in [0.717, 1.165) is 43.4 Å². The second-order valence-electron chi connectivity index (χ2n) is 6.22. The van der Waals surface area contributed by atoms with Crippen LogP contribution in [0.15, 0.2) is 0 Å². The van der Waals surface area contributed by atoms with Gasteiger partial charge in [0.1, 0.15) is 5.82 Å². The molecule has 0 spiro atoms. The lowest BCUT2D eigenvalue weighted by Gasteiger charge is -2.39. The molecule has 0 unspecified atom stereocenters. The van der Waals surface area contributed by atoms with Crippen molar-refractivity contribution < 1.29 is 4.79 Å². The number of piperazine rings is 1. The number of hydrogen-bond acceptors (Lipinski definition) is 3. The van der Waals surface area contributed by atoms with Crippen LogP contribution in [-0.4, -0.2) is 51.4 Å². The summed E-state index contributed by atoms with van der Waals surface area (Å²) in [6, 6.07) is -0.0618.